The molecule has 0 spiro atoms. The summed E-state index contributed by atoms with van der Waals surface area (Å²) in [6, 6.07) is 9.63. The van der Waals surface area contributed by atoms with Gasteiger partial charge in [0.05, 0.1) is 25.5 Å². The van der Waals surface area contributed by atoms with Gasteiger partial charge >= 0.3 is 0 Å². The summed E-state index contributed by atoms with van der Waals surface area (Å²) in [5.41, 5.74) is 3.33. The van der Waals surface area contributed by atoms with E-state index in [9.17, 15) is 4.79 Å². The average molecular weight is 494 g/mol. The first kappa shape index (κ1) is 23.3. The number of thioether (sulfide) groups is 1. The molecule has 3 aromatic heterocycles. The Hall–Kier alpha value is -3.44. The van der Waals surface area contributed by atoms with Gasteiger partial charge in [0.2, 0.25) is 5.95 Å². The van der Waals surface area contributed by atoms with Gasteiger partial charge in [0.15, 0.2) is 16.8 Å². The van der Waals surface area contributed by atoms with Gasteiger partial charge in [0, 0.05) is 29.1 Å². The Morgan fingerprint density at radius 3 is 2.77 bits per heavy atom. The Morgan fingerprint density at radius 1 is 1.26 bits per heavy atom. The second-order valence-electron chi connectivity index (χ2n) is 8.42. The maximum Gasteiger partial charge on any atom is 0.229 e. The number of nitrogens with one attached hydrogen (secondary N) is 1. The van der Waals surface area contributed by atoms with Crippen molar-refractivity contribution in [2.24, 2.45) is 0 Å². The summed E-state index contributed by atoms with van der Waals surface area (Å²) in [6.07, 6.45) is 3.61. The van der Waals surface area contributed by atoms with Crippen LogP contribution in [0.2, 0.25) is 0 Å². The number of methoxy groups -OCH3 is 1. The van der Waals surface area contributed by atoms with Crippen LogP contribution in [0, 0.1) is 13.8 Å². The van der Waals surface area contributed by atoms with Crippen LogP contribution in [0.3, 0.4) is 0 Å². The van der Waals surface area contributed by atoms with E-state index in [1.54, 1.807) is 7.11 Å². The van der Waals surface area contributed by atoms with Crippen molar-refractivity contribution in [1.29, 1.82) is 0 Å². The fraction of sp³-hybridized carbons (Fsp3) is 0.375. The Morgan fingerprint density at radius 2 is 2.09 bits per heavy atom. The van der Waals surface area contributed by atoms with E-state index in [1.165, 1.54) is 18.1 Å². The lowest BCUT2D eigenvalue weighted by Gasteiger charge is -2.15. The lowest BCUT2D eigenvalue weighted by Crippen LogP contribution is -2.17. The molecule has 10 nitrogen and oxygen atoms in total. The van der Waals surface area contributed by atoms with E-state index in [0.717, 1.165) is 48.0 Å². The summed E-state index contributed by atoms with van der Waals surface area (Å²) in [4.78, 5) is 17.4. The zero-order chi connectivity index (χ0) is 24.4. The highest BCUT2D eigenvalue weighted by atomic mass is 32.2. The third kappa shape index (κ3) is 4.73. The van der Waals surface area contributed by atoms with E-state index in [-0.39, 0.29) is 17.6 Å². The Kier molecular flexibility index (Phi) is 6.69. The number of aromatic nitrogens is 7. The zero-order valence-corrected chi connectivity index (χ0v) is 20.7. The Labute approximate surface area is 207 Å². The molecule has 11 heteroatoms. The topological polar surface area (TPSA) is 113 Å². The predicted octanol–water partition coefficient (Wildman–Crippen LogP) is 3.63. The van der Waals surface area contributed by atoms with E-state index >= 15 is 0 Å². The molecule has 0 bridgehead atoms. The summed E-state index contributed by atoms with van der Waals surface area (Å²) in [6.45, 7) is 5.27. The second kappa shape index (κ2) is 10.0. The van der Waals surface area contributed by atoms with Crippen LogP contribution >= 0.6 is 11.8 Å². The van der Waals surface area contributed by atoms with Gasteiger partial charge in [-0.3, -0.25) is 13.9 Å². The van der Waals surface area contributed by atoms with E-state index < -0.39 is 0 Å². The number of hydrogen-bond donors (Lipinski definition) is 1. The molecule has 1 fully saturated rings. The number of carbonyl (C=O) groups excluding carboxylic acids is 1. The van der Waals surface area contributed by atoms with Crippen molar-refractivity contribution in [2.45, 2.75) is 44.5 Å². The summed E-state index contributed by atoms with van der Waals surface area (Å²) >= 11 is 1.39. The highest BCUT2D eigenvalue weighted by Crippen LogP contribution is 2.29. The molecule has 0 aliphatic carbocycles. The minimum atomic E-state index is 0.0199. The molecule has 1 saturated heterocycles. The minimum absolute atomic E-state index is 0.0199. The molecule has 4 aromatic rings. The van der Waals surface area contributed by atoms with Gasteiger partial charge in [0.1, 0.15) is 12.1 Å². The first-order valence-electron chi connectivity index (χ1n) is 11.4. The van der Waals surface area contributed by atoms with Gasteiger partial charge in [-0.25, -0.2) is 5.10 Å². The number of rotatable bonds is 9. The van der Waals surface area contributed by atoms with E-state index in [2.05, 4.69) is 29.9 Å². The second-order valence-corrected chi connectivity index (χ2v) is 9.36. The smallest absolute Gasteiger partial charge is 0.229 e. The fourth-order valence-corrected chi connectivity index (χ4v) is 5.22. The Balaban J connectivity index is 1.38. The normalized spacial score (nSPS) is 15.6. The third-order valence-corrected chi connectivity index (χ3v) is 7.12. The van der Waals surface area contributed by atoms with Crippen LogP contribution in [-0.2, 0) is 11.3 Å². The Bertz CT molecular complexity index is 1310. The summed E-state index contributed by atoms with van der Waals surface area (Å²) in [5.74, 6) is 2.38. The zero-order valence-electron chi connectivity index (χ0n) is 19.9. The van der Waals surface area contributed by atoms with Crippen LogP contribution in [0.5, 0.6) is 5.75 Å². The fourth-order valence-electron chi connectivity index (χ4n) is 4.39. The number of carbonyl (C=O) groups is 1. The quantitative estimate of drug-likeness (QED) is 0.278. The molecule has 1 atom stereocenters. The predicted molar refractivity (Wildman–Crippen MR) is 131 cm³/mol. The molecule has 35 heavy (non-hydrogen) atoms. The van der Waals surface area contributed by atoms with Crippen LogP contribution in [0.4, 0.5) is 0 Å². The molecule has 182 valence electrons. The summed E-state index contributed by atoms with van der Waals surface area (Å²) in [5, 5.41) is 16.4. The van der Waals surface area contributed by atoms with Gasteiger partial charge in [-0.2, -0.15) is 10.1 Å². The van der Waals surface area contributed by atoms with Gasteiger partial charge < -0.3 is 9.47 Å². The average Bonchev–Trinajstić information content (AvgIpc) is 3.67. The van der Waals surface area contributed by atoms with Crippen molar-refractivity contribution in [1.82, 2.24) is 34.5 Å². The maximum absolute atomic E-state index is 13.2. The van der Waals surface area contributed by atoms with Crippen LogP contribution in [0.15, 0.2) is 41.8 Å². The SMILES string of the molecule is COc1ccc(-c2nnc(SCC(=O)c3cc(C)n(-c4ncn[nH]4)c3C)n2CC2CCCO2)cc1. The third-order valence-electron chi connectivity index (χ3n) is 6.15. The van der Waals surface area contributed by atoms with Crippen LogP contribution in [-0.4, -0.2) is 65.9 Å². The molecule has 0 saturated carbocycles. The number of ketones is 1. The number of benzene rings is 1. The van der Waals surface area contributed by atoms with Crippen molar-refractivity contribution in [2.75, 3.05) is 19.5 Å². The van der Waals surface area contributed by atoms with E-state index in [4.69, 9.17) is 9.47 Å². The molecule has 1 aliphatic rings. The molecular formula is C24H27N7O3S. The highest BCUT2D eigenvalue weighted by molar-refractivity contribution is 7.99. The van der Waals surface area contributed by atoms with Crippen LogP contribution in [0.1, 0.15) is 34.6 Å². The van der Waals surface area contributed by atoms with Gasteiger partial charge in [-0.1, -0.05) is 11.8 Å². The van der Waals surface area contributed by atoms with Crippen LogP contribution < -0.4 is 4.74 Å². The first-order valence-corrected chi connectivity index (χ1v) is 12.4. The molecular weight excluding hydrogens is 466 g/mol. The monoisotopic (exact) mass is 493 g/mol. The number of aromatic amines is 1. The number of Topliss-reactive ketones (excluding diaryl/α,β-unsaturated/α-hetero) is 1. The largest absolute Gasteiger partial charge is 0.497 e. The van der Waals surface area contributed by atoms with Crippen molar-refractivity contribution >= 4 is 17.5 Å². The standard InChI is InChI=1S/C24H27N7O3S/c1-15-11-20(16(2)31(15)23-25-14-26-28-23)21(32)13-35-24-29-27-22(17-6-8-18(33-3)9-7-17)30(24)12-19-5-4-10-34-19/h6-9,11,14,19H,4-5,10,12-13H2,1-3H3,(H,25,26,28). The minimum Gasteiger partial charge on any atom is -0.497 e. The number of hydrogen-bond acceptors (Lipinski definition) is 8. The molecule has 0 radical (unpaired) electrons. The summed E-state index contributed by atoms with van der Waals surface area (Å²) < 4.78 is 15.1. The van der Waals surface area contributed by atoms with Crippen molar-refractivity contribution in [3.05, 3.63) is 53.6 Å². The molecule has 4 heterocycles. The lowest BCUT2D eigenvalue weighted by molar-refractivity contribution is 0.0953. The first-order chi connectivity index (χ1) is 17.0. The number of nitrogens with zero attached hydrogens (tertiary/aromatic N) is 6. The van der Waals surface area contributed by atoms with Gasteiger partial charge in [-0.15, -0.1) is 10.2 Å². The molecule has 0 amide bonds. The van der Waals surface area contributed by atoms with Crippen LogP contribution in [0.25, 0.3) is 17.3 Å². The highest BCUT2D eigenvalue weighted by Gasteiger charge is 2.24. The number of aryl methyl sites for hydroxylation is 1. The molecule has 1 unspecified atom stereocenters. The molecule has 1 N–H and O–H groups in total. The molecule has 1 aromatic carbocycles. The van der Waals surface area contributed by atoms with E-state index in [1.807, 2.05) is 48.7 Å². The number of ether oxygens (including phenoxy) is 2. The molecule has 5 rings (SSSR count). The van der Waals surface area contributed by atoms with Crippen molar-refractivity contribution in [3.63, 3.8) is 0 Å². The maximum atomic E-state index is 13.2. The van der Waals surface area contributed by atoms with Crippen molar-refractivity contribution in [3.8, 4) is 23.1 Å². The van der Waals surface area contributed by atoms with Gasteiger partial charge in [-0.05, 0) is 57.0 Å². The van der Waals surface area contributed by atoms with Crippen molar-refractivity contribution < 1.29 is 14.3 Å². The van der Waals surface area contributed by atoms with E-state index in [0.29, 0.717) is 23.2 Å². The summed E-state index contributed by atoms with van der Waals surface area (Å²) in [7, 11) is 1.64. The number of H-pyrrole nitrogens is 1. The molecule has 1 aliphatic heterocycles. The lowest BCUT2D eigenvalue weighted by atomic mass is 10.2. The van der Waals surface area contributed by atoms with Gasteiger partial charge in [0.25, 0.3) is 0 Å².